The number of benzene rings is 2. The van der Waals surface area contributed by atoms with Crippen LogP contribution >= 0.6 is 12.2 Å². The number of ether oxygens (including phenoxy) is 1. The van der Waals surface area contributed by atoms with Crippen LogP contribution in [0.5, 0.6) is 5.75 Å². The lowest BCUT2D eigenvalue weighted by atomic mass is 10.2. The van der Waals surface area contributed by atoms with Crippen molar-refractivity contribution < 1.29 is 14.3 Å². The van der Waals surface area contributed by atoms with E-state index in [0.29, 0.717) is 31.0 Å². The van der Waals surface area contributed by atoms with Crippen molar-refractivity contribution in [3.8, 4) is 5.75 Å². The minimum atomic E-state index is -0.423. The van der Waals surface area contributed by atoms with Crippen molar-refractivity contribution >= 4 is 29.1 Å². The van der Waals surface area contributed by atoms with E-state index in [1.807, 2.05) is 37.3 Å². The zero-order valence-electron chi connectivity index (χ0n) is 15.9. The summed E-state index contributed by atoms with van der Waals surface area (Å²) in [6.07, 6.45) is 1.03. The van der Waals surface area contributed by atoms with Crippen LogP contribution in [0.4, 0.5) is 0 Å². The summed E-state index contributed by atoms with van der Waals surface area (Å²) >= 11 is 5.42. The average Bonchev–Trinajstić information content (AvgIpc) is 2.70. The van der Waals surface area contributed by atoms with Crippen molar-refractivity contribution in [1.29, 1.82) is 0 Å². The lowest BCUT2D eigenvalue weighted by molar-refractivity contribution is -0.118. The van der Waals surface area contributed by atoms with Gasteiger partial charge in [-0.25, -0.2) is 0 Å². The summed E-state index contributed by atoms with van der Waals surface area (Å²) in [6, 6.07) is 16.6. The van der Waals surface area contributed by atoms with Gasteiger partial charge in [0, 0.05) is 25.1 Å². The topological polar surface area (TPSA) is 84.7 Å². The molecule has 2 aromatic carbocycles. The molecule has 0 saturated heterocycles. The first-order chi connectivity index (χ1) is 13.5. The van der Waals surface area contributed by atoms with Crippen molar-refractivity contribution in [2.24, 2.45) is 5.73 Å². The highest BCUT2D eigenvalue weighted by Gasteiger charge is 2.16. The number of nitrogens with one attached hydrogen (secondary N) is 1. The van der Waals surface area contributed by atoms with Crippen molar-refractivity contribution in [1.82, 2.24) is 10.2 Å². The minimum absolute atomic E-state index is 0.142. The zero-order valence-corrected chi connectivity index (χ0v) is 16.7. The van der Waals surface area contributed by atoms with E-state index in [9.17, 15) is 9.59 Å². The van der Waals surface area contributed by atoms with Gasteiger partial charge in [0.25, 0.3) is 5.91 Å². The second kappa shape index (κ2) is 11.0. The predicted octanol–water partition coefficient (Wildman–Crippen LogP) is 2.87. The third-order valence-corrected chi connectivity index (χ3v) is 4.28. The minimum Gasteiger partial charge on any atom is -0.494 e. The van der Waals surface area contributed by atoms with Crippen LogP contribution in [0.2, 0.25) is 0 Å². The van der Waals surface area contributed by atoms with E-state index in [2.05, 4.69) is 5.32 Å². The smallest absolute Gasteiger partial charge is 0.257 e. The van der Waals surface area contributed by atoms with Crippen LogP contribution in [-0.2, 0) is 11.3 Å². The molecule has 0 aliphatic carbocycles. The van der Waals surface area contributed by atoms with Crippen molar-refractivity contribution in [2.45, 2.75) is 26.3 Å². The molecule has 0 unspecified atom stereocenters. The van der Waals surface area contributed by atoms with E-state index in [1.54, 1.807) is 29.2 Å². The first-order valence-corrected chi connectivity index (χ1v) is 9.55. The highest BCUT2D eigenvalue weighted by atomic mass is 32.1. The highest BCUT2D eigenvalue weighted by Crippen LogP contribution is 2.14. The van der Waals surface area contributed by atoms with Crippen LogP contribution in [0.15, 0.2) is 54.6 Å². The van der Waals surface area contributed by atoms with Crippen LogP contribution in [-0.4, -0.2) is 35.0 Å². The monoisotopic (exact) mass is 399 g/mol. The molecular weight excluding hydrogens is 374 g/mol. The van der Waals surface area contributed by atoms with Gasteiger partial charge < -0.3 is 15.4 Å². The van der Waals surface area contributed by atoms with Crippen LogP contribution in [0.25, 0.3) is 0 Å². The highest BCUT2D eigenvalue weighted by molar-refractivity contribution is 7.80. The van der Waals surface area contributed by atoms with Gasteiger partial charge in [-0.15, -0.1) is 0 Å². The molecule has 0 aliphatic rings. The maximum Gasteiger partial charge on any atom is 0.257 e. The molecule has 0 atom stereocenters. The molecule has 2 aromatic rings. The number of thiocarbonyl (C=S) groups is 1. The van der Waals surface area contributed by atoms with Crippen LogP contribution in [0.3, 0.4) is 0 Å². The number of nitrogens with zero attached hydrogens (tertiary/aromatic N) is 1. The summed E-state index contributed by atoms with van der Waals surface area (Å²) in [7, 11) is 0. The Balaban J connectivity index is 2.06. The second-order valence-electron chi connectivity index (χ2n) is 6.26. The Morgan fingerprint density at radius 1 is 1.14 bits per heavy atom. The van der Waals surface area contributed by atoms with Crippen LogP contribution in [0, 0.1) is 0 Å². The van der Waals surface area contributed by atoms with Gasteiger partial charge in [-0.3, -0.25) is 14.9 Å². The summed E-state index contributed by atoms with van der Waals surface area (Å²) in [5.41, 5.74) is 6.74. The molecular formula is C21H25N3O3S. The van der Waals surface area contributed by atoms with Crippen molar-refractivity contribution in [2.75, 3.05) is 13.2 Å². The summed E-state index contributed by atoms with van der Waals surface area (Å²) < 4.78 is 5.57. The largest absolute Gasteiger partial charge is 0.494 e. The number of carbonyl (C=O) groups excluding carboxylic acids is 2. The van der Waals surface area contributed by atoms with Gasteiger partial charge in [-0.1, -0.05) is 43.3 Å². The van der Waals surface area contributed by atoms with Gasteiger partial charge in [-0.05, 0) is 42.4 Å². The second-order valence-corrected chi connectivity index (χ2v) is 6.65. The number of hydrogen-bond donors (Lipinski definition) is 2. The normalized spacial score (nSPS) is 10.2. The van der Waals surface area contributed by atoms with E-state index in [0.717, 1.165) is 12.0 Å². The standard InChI is InChI=1S/C21H25N3O3S/c1-2-13-27-18-10-6-9-17(14-18)20(26)23-21(28)24(12-11-19(22)25)15-16-7-4-3-5-8-16/h3-10,14H,2,11-13,15H2,1H3,(H2,22,25)(H,23,26,28). The molecule has 0 fully saturated rings. The van der Waals surface area contributed by atoms with Gasteiger partial charge in [0.1, 0.15) is 5.75 Å². The molecule has 3 N–H and O–H groups in total. The molecule has 28 heavy (non-hydrogen) atoms. The molecule has 2 amide bonds. The summed E-state index contributed by atoms with van der Waals surface area (Å²) in [5, 5.41) is 2.98. The Morgan fingerprint density at radius 3 is 2.57 bits per heavy atom. The molecule has 6 nitrogen and oxygen atoms in total. The lowest BCUT2D eigenvalue weighted by Crippen LogP contribution is -2.43. The van der Waals surface area contributed by atoms with Crippen LogP contribution < -0.4 is 15.8 Å². The fraction of sp³-hybridized carbons (Fsp3) is 0.286. The first-order valence-electron chi connectivity index (χ1n) is 9.15. The van der Waals surface area contributed by atoms with E-state index in [-0.39, 0.29) is 17.4 Å². The van der Waals surface area contributed by atoms with Crippen molar-refractivity contribution in [3.63, 3.8) is 0 Å². The predicted molar refractivity (Wildman–Crippen MR) is 113 cm³/mol. The summed E-state index contributed by atoms with van der Waals surface area (Å²) in [6.45, 7) is 3.39. The third kappa shape index (κ3) is 7.00. The van der Waals surface area contributed by atoms with Crippen LogP contribution in [0.1, 0.15) is 35.7 Å². The van der Waals surface area contributed by atoms with E-state index in [1.165, 1.54) is 0 Å². The van der Waals surface area contributed by atoms with Crippen molar-refractivity contribution in [3.05, 3.63) is 65.7 Å². The molecule has 0 aromatic heterocycles. The fourth-order valence-corrected chi connectivity index (χ4v) is 2.75. The zero-order chi connectivity index (χ0) is 20.4. The van der Waals surface area contributed by atoms with E-state index < -0.39 is 5.91 Å². The number of carbonyl (C=O) groups is 2. The number of nitrogens with two attached hydrogens (primary N) is 1. The van der Waals surface area contributed by atoms with Gasteiger partial charge in [0.2, 0.25) is 5.91 Å². The molecule has 0 radical (unpaired) electrons. The lowest BCUT2D eigenvalue weighted by Gasteiger charge is -2.25. The molecule has 0 heterocycles. The van der Waals surface area contributed by atoms with Gasteiger partial charge >= 0.3 is 0 Å². The maximum atomic E-state index is 12.6. The SMILES string of the molecule is CCCOc1cccc(C(=O)NC(=S)N(CCC(N)=O)Cc2ccccc2)c1. The average molecular weight is 400 g/mol. The van der Waals surface area contributed by atoms with Gasteiger partial charge in [0.05, 0.1) is 6.61 Å². The molecule has 0 aliphatic heterocycles. The summed E-state index contributed by atoms with van der Waals surface area (Å²) in [4.78, 5) is 25.6. The first kappa shape index (κ1) is 21.4. The van der Waals surface area contributed by atoms with E-state index >= 15 is 0 Å². The number of amides is 2. The Bertz CT molecular complexity index is 812. The Labute approximate surface area is 170 Å². The Kier molecular flexibility index (Phi) is 8.42. The number of rotatable bonds is 9. The molecule has 0 saturated carbocycles. The van der Waals surface area contributed by atoms with Gasteiger partial charge in [0.15, 0.2) is 5.11 Å². The molecule has 0 bridgehead atoms. The van der Waals surface area contributed by atoms with Gasteiger partial charge in [-0.2, -0.15) is 0 Å². The maximum absolute atomic E-state index is 12.6. The Morgan fingerprint density at radius 2 is 1.89 bits per heavy atom. The molecule has 2 rings (SSSR count). The molecule has 7 heteroatoms. The van der Waals surface area contributed by atoms with E-state index in [4.69, 9.17) is 22.7 Å². The quantitative estimate of drug-likeness (QED) is 0.634. The molecule has 148 valence electrons. The number of hydrogen-bond acceptors (Lipinski definition) is 4. The number of primary amides is 1. The third-order valence-electron chi connectivity index (χ3n) is 3.92. The summed E-state index contributed by atoms with van der Waals surface area (Å²) in [5.74, 6) is -0.118. The molecule has 0 spiro atoms. The fourth-order valence-electron chi connectivity index (χ4n) is 2.50. The Hall–Kier alpha value is -2.93.